The van der Waals surface area contributed by atoms with Gasteiger partial charge in [0.1, 0.15) is 10.7 Å². The molecule has 4 aromatic rings. The summed E-state index contributed by atoms with van der Waals surface area (Å²) in [5.41, 5.74) is 3.90. The highest BCUT2D eigenvalue weighted by molar-refractivity contribution is 7.13. The van der Waals surface area contributed by atoms with E-state index >= 15 is 0 Å². The van der Waals surface area contributed by atoms with Crippen molar-refractivity contribution in [3.05, 3.63) is 77.8 Å². The third-order valence-electron chi connectivity index (χ3n) is 5.28. The third kappa shape index (κ3) is 4.32. The first-order valence-corrected chi connectivity index (χ1v) is 11.2. The standard InChI is InChI=1S/C24H21N5OS/c30-23(21-16-31-24(26-21)18-6-2-1-3-7-18)25-19-10-8-17(9-11-19)20-12-13-22(28-27-20)29-14-4-5-15-29/h1-3,6-13,16H,4-5,14-15H2,(H,25,30). The Balaban J connectivity index is 1.25. The molecule has 5 rings (SSSR count). The van der Waals surface area contributed by atoms with Crippen LogP contribution in [0, 0.1) is 0 Å². The monoisotopic (exact) mass is 427 g/mol. The number of thiazole rings is 1. The maximum Gasteiger partial charge on any atom is 0.275 e. The zero-order valence-corrected chi connectivity index (χ0v) is 17.7. The first-order valence-electron chi connectivity index (χ1n) is 10.3. The molecule has 1 N–H and O–H groups in total. The van der Waals surface area contributed by atoms with Crippen molar-refractivity contribution in [3.8, 4) is 21.8 Å². The zero-order valence-electron chi connectivity index (χ0n) is 16.9. The molecule has 1 fully saturated rings. The summed E-state index contributed by atoms with van der Waals surface area (Å²) in [7, 11) is 0. The fourth-order valence-electron chi connectivity index (χ4n) is 3.60. The van der Waals surface area contributed by atoms with Gasteiger partial charge in [0.05, 0.1) is 5.69 Å². The summed E-state index contributed by atoms with van der Waals surface area (Å²) in [6.45, 7) is 2.10. The molecule has 0 saturated carbocycles. The Morgan fingerprint density at radius 3 is 2.35 bits per heavy atom. The number of nitrogens with zero attached hydrogens (tertiary/aromatic N) is 4. The van der Waals surface area contributed by atoms with E-state index < -0.39 is 0 Å². The molecule has 1 saturated heterocycles. The van der Waals surface area contributed by atoms with Gasteiger partial charge in [-0.3, -0.25) is 4.79 Å². The molecule has 0 radical (unpaired) electrons. The second-order valence-corrected chi connectivity index (χ2v) is 8.26. The summed E-state index contributed by atoms with van der Waals surface area (Å²) < 4.78 is 0. The van der Waals surface area contributed by atoms with E-state index in [1.165, 1.54) is 24.2 Å². The Morgan fingerprint density at radius 1 is 0.871 bits per heavy atom. The van der Waals surface area contributed by atoms with Crippen molar-refractivity contribution in [2.24, 2.45) is 0 Å². The molecule has 1 aliphatic heterocycles. The number of rotatable bonds is 5. The molecule has 0 atom stereocenters. The molecule has 3 heterocycles. The van der Waals surface area contributed by atoms with Gasteiger partial charge in [0.15, 0.2) is 5.82 Å². The van der Waals surface area contributed by atoms with E-state index in [-0.39, 0.29) is 5.91 Å². The molecular formula is C24H21N5OS. The lowest BCUT2D eigenvalue weighted by atomic mass is 10.1. The molecule has 0 spiro atoms. The third-order valence-corrected chi connectivity index (χ3v) is 6.17. The molecule has 0 aliphatic carbocycles. The lowest BCUT2D eigenvalue weighted by Gasteiger charge is -2.15. The topological polar surface area (TPSA) is 71.0 Å². The van der Waals surface area contributed by atoms with Crippen LogP contribution in [-0.2, 0) is 0 Å². The van der Waals surface area contributed by atoms with Gasteiger partial charge in [-0.15, -0.1) is 21.5 Å². The SMILES string of the molecule is O=C(Nc1ccc(-c2ccc(N3CCCC3)nn2)cc1)c1csc(-c2ccccc2)n1. The van der Waals surface area contributed by atoms with Gasteiger partial charge in [-0.1, -0.05) is 42.5 Å². The summed E-state index contributed by atoms with van der Waals surface area (Å²) in [6.07, 6.45) is 2.43. The minimum Gasteiger partial charge on any atom is -0.355 e. The van der Waals surface area contributed by atoms with E-state index in [2.05, 4.69) is 25.4 Å². The van der Waals surface area contributed by atoms with E-state index in [1.54, 1.807) is 5.38 Å². The van der Waals surface area contributed by atoms with E-state index in [0.29, 0.717) is 11.4 Å². The van der Waals surface area contributed by atoms with Crippen LogP contribution in [0.2, 0.25) is 0 Å². The van der Waals surface area contributed by atoms with Crippen molar-refractivity contribution in [2.45, 2.75) is 12.8 Å². The lowest BCUT2D eigenvalue weighted by Crippen LogP contribution is -2.19. The van der Waals surface area contributed by atoms with Crippen LogP contribution in [0.4, 0.5) is 11.5 Å². The average Bonchev–Trinajstić information content (AvgIpc) is 3.53. The number of aromatic nitrogens is 3. The second-order valence-electron chi connectivity index (χ2n) is 7.41. The molecule has 6 nitrogen and oxygen atoms in total. The predicted octanol–water partition coefficient (Wildman–Crippen LogP) is 5.12. The number of anilines is 2. The molecule has 1 amide bonds. The number of carbonyl (C=O) groups is 1. The van der Waals surface area contributed by atoms with Crippen LogP contribution in [0.15, 0.2) is 72.1 Å². The molecular weight excluding hydrogens is 406 g/mol. The van der Waals surface area contributed by atoms with Crippen molar-refractivity contribution in [1.82, 2.24) is 15.2 Å². The van der Waals surface area contributed by atoms with Crippen LogP contribution in [0.5, 0.6) is 0 Å². The second kappa shape index (κ2) is 8.65. The zero-order chi connectivity index (χ0) is 21.0. The Morgan fingerprint density at radius 2 is 1.65 bits per heavy atom. The summed E-state index contributed by atoms with van der Waals surface area (Å²) in [4.78, 5) is 19.3. The first-order chi connectivity index (χ1) is 15.3. The number of amides is 1. The van der Waals surface area contributed by atoms with Crippen molar-refractivity contribution in [1.29, 1.82) is 0 Å². The van der Waals surface area contributed by atoms with Gasteiger partial charge in [0.2, 0.25) is 0 Å². The summed E-state index contributed by atoms with van der Waals surface area (Å²) >= 11 is 1.46. The van der Waals surface area contributed by atoms with Gasteiger partial charge in [-0.2, -0.15) is 0 Å². The highest BCUT2D eigenvalue weighted by Gasteiger charge is 2.15. The van der Waals surface area contributed by atoms with Crippen LogP contribution in [0.25, 0.3) is 21.8 Å². The van der Waals surface area contributed by atoms with Crippen LogP contribution in [-0.4, -0.2) is 34.2 Å². The molecule has 7 heteroatoms. The first kappa shape index (κ1) is 19.4. The molecule has 0 unspecified atom stereocenters. The quantitative estimate of drug-likeness (QED) is 0.479. The van der Waals surface area contributed by atoms with E-state index in [1.807, 2.05) is 66.7 Å². The number of benzene rings is 2. The highest BCUT2D eigenvalue weighted by Crippen LogP contribution is 2.25. The molecule has 31 heavy (non-hydrogen) atoms. The number of carbonyl (C=O) groups excluding carboxylic acids is 1. The predicted molar refractivity (Wildman–Crippen MR) is 124 cm³/mol. The van der Waals surface area contributed by atoms with Crippen LogP contribution in [0.1, 0.15) is 23.3 Å². The maximum absolute atomic E-state index is 12.6. The Kier molecular flexibility index (Phi) is 5.41. The van der Waals surface area contributed by atoms with Crippen molar-refractivity contribution >= 4 is 28.7 Å². The van der Waals surface area contributed by atoms with E-state index in [0.717, 1.165) is 40.7 Å². The molecule has 2 aromatic carbocycles. The smallest absolute Gasteiger partial charge is 0.275 e. The Hall–Kier alpha value is -3.58. The van der Waals surface area contributed by atoms with E-state index in [4.69, 9.17) is 0 Å². The maximum atomic E-state index is 12.6. The van der Waals surface area contributed by atoms with Crippen LogP contribution >= 0.6 is 11.3 Å². The Bertz CT molecular complexity index is 1170. The lowest BCUT2D eigenvalue weighted by molar-refractivity contribution is 0.102. The number of hydrogen-bond acceptors (Lipinski definition) is 6. The van der Waals surface area contributed by atoms with E-state index in [9.17, 15) is 4.79 Å². The average molecular weight is 428 g/mol. The van der Waals surface area contributed by atoms with Crippen molar-refractivity contribution in [3.63, 3.8) is 0 Å². The highest BCUT2D eigenvalue weighted by atomic mass is 32.1. The fourth-order valence-corrected chi connectivity index (χ4v) is 4.41. The summed E-state index contributed by atoms with van der Waals surface area (Å²) in [5, 5.41) is 14.3. The molecule has 154 valence electrons. The van der Waals surface area contributed by atoms with Crippen molar-refractivity contribution < 1.29 is 4.79 Å². The van der Waals surface area contributed by atoms with Gasteiger partial charge < -0.3 is 10.2 Å². The molecule has 2 aromatic heterocycles. The van der Waals surface area contributed by atoms with Gasteiger partial charge in [-0.25, -0.2) is 4.98 Å². The largest absolute Gasteiger partial charge is 0.355 e. The summed E-state index contributed by atoms with van der Waals surface area (Å²) in [6, 6.07) is 21.5. The Labute approximate surface area is 184 Å². The van der Waals surface area contributed by atoms with Gasteiger partial charge in [-0.05, 0) is 37.1 Å². The van der Waals surface area contributed by atoms with Gasteiger partial charge in [0.25, 0.3) is 5.91 Å². The number of hydrogen-bond donors (Lipinski definition) is 1. The minimum absolute atomic E-state index is 0.221. The fraction of sp³-hybridized carbons (Fsp3) is 0.167. The van der Waals surface area contributed by atoms with Gasteiger partial charge >= 0.3 is 0 Å². The molecule has 1 aliphatic rings. The van der Waals surface area contributed by atoms with Gasteiger partial charge in [0, 0.05) is 35.3 Å². The minimum atomic E-state index is -0.221. The summed E-state index contributed by atoms with van der Waals surface area (Å²) in [5.74, 6) is 0.712. The normalized spacial score (nSPS) is 13.4. The molecule has 0 bridgehead atoms. The van der Waals surface area contributed by atoms with Crippen LogP contribution < -0.4 is 10.2 Å². The van der Waals surface area contributed by atoms with Crippen LogP contribution in [0.3, 0.4) is 0 Å². The number of nitrogens with one attached hydrogen (secondary N) is 1. The van der Waals surface area contributed by atoms with Crippen molar-refractivity contribution in [2.75, 3.05) is 23.3 Å².